The summed E-state index contributed by atoms with van der Waals surface area (Å²) in [5.41, 5.74) is 6.40. The number of halogens is 1. The lowest BCUT2D eigenvalue weighted by molar-refractivity contribution is -0.193. The van der Waals surface area contributed by atoms with Crippen molar-refractivity contribution in [3.05, 3.63) is 61.7 Å². The van der Waals surface area contributed by atoms with Crippen molar-refractivity contribution >= 4 is 16.8 Å². The Morgan fingerprint density at radius 2 is 1.97 bits per heavy atom. The van der Waals surface area contributed by atoms with Crippen molar-refractivity contribution in [3.63, 3.8) is 0 Å². The van der Waals surface area contributed by atoms with Gasteiger partial charge in [0.25, 0.3) is 11.5 Å². The normalized spacial score (nSPS) is 18.5. The average Bonchev–Trinajstić information content (AvgIpc) is 3.62. The first kappa shape index (κ1) is 22.4. The van der Waals surface area contributed by atoms with Gasteiger partial charge in [0, 0.05) is 28.5 Å². The lowest BCUT2D eigenvalue weighted by Crippen LogP contribution is -2.50. The number of carbonyl (C=O) groups is 1. The molecule has 1 fully saturated rings. The molecular weight excluding hydrogens is 449 g/mol. The molecule has 0 spiro atoms. The highest BCUT2D eigenvalue weighted by molar-refractivity contribution is 5.94. The quantitative estimate of drug-likeness (QED) is 0.392. The van der Waals surface area contributed by atoms with Gasteiger partial charge in [-0.25, -0.2) is 9.37 Å². The van der Waals surface area contributed by atoms with Gasteiger partial charge in [0.1, 0.15) is 5.82 Å². The number of amides is 1. The Labute approximate surface area is 201 Å². The average molecular weight is 478 g/mol. The van der Waals surface area contributed by atoms with Gasteiger partial charge < -0.3 is 20.1 Å². The first-order chi connectivity index (χ1) is 16.6. The molecule has 1 atom stereocenters. The van der Waals surface area contributed by atoms with E-state index in [4.69, 9.17) is 4.98 Å². The van der Waals surface area contributed by atoms with Crippen LogP contribution in [0, 0.1) is 25.6 Å². The predicted octanol–water partition coefficient (Wildman–Crippen LogP) is 2.94. The molecule has 3 aliphatic rings. The number of nitrogens with one attached hydrogen (secondary N) is 1. The van der Waals surface area contributed by atoms with Crippen LogP contribution in [0.4, 0.5) is 4.39 Å². The summed E-state index contributed by atoms with van der Waals surface area (Å²) in [5.74, 6) is -4.03. The van der Waals surface area contributed by atoms with Crippen LogP contribution in [0.1, 0.15) is 65.6 Å². The Hall–Kier alpha value is -3.10. The maximum absolute atomic E-state index is 14.9. The van der Waals surface area contributed by atoms with Crippen LogP contribution >= 0.6 is 0 Å². The third-order valence-electron chi connectivity index (χ3n) is 8.10. The van der Waals surface area contributed by atoms with E-state index in [1.165, 1.54) is 6.07 Å². The molecule has 182 valence electrons. The van der Waals surface area contributed by atoms with E-state index in [0.29, 0.717) is 61.1 Å². The molecular formula is C27H28FN3O4. The highest BCUT2D eigenvalue weighted by atomic mass is 19.1. The summed E-state index contributed by atoms with van der Waals surface area (Å²) in [6, 6.07) is 2.87. The smallest absolute Gasteiger partial charge is 0.280 e. The lowest BCUT2D eigenvalue weighted by Gasteiger charge is -2.31. The molecule has 2 aromatic heterocycles. The van der Waals surface area contributed by atoms with Crippen LogP contribution in [-0.2, 0) is 24.2 Å². The number of aromatic nitrogens is 2. The van der Waals surface area contributed by atoms with Crippen LogP contribution in [0.5, 0.6) is 0 Å². The van der Waals surface area contributed by atoms with Crippen molar-refractivity contribution in [2.45, 2.75) is 71.2 Å². The van der Waals surface area contributed by atoms with Crippen LogP contribution in [0.2, 0.25) is 0 Å². The Kier molecular flexibility index (Phi) is 4.76. The van der Waals surface area contributed by atoms with E-state index in [-0.39, 0.29) is 11.4 Å². The van der Waals surface area contributed by atoms with Gasteiger partial charge in [0.05, 0.1) is 29.5 Å². The molecule has 0 saturated heterocycles. The van der Waals surface area contributed by atoms with Gasteiger partial charge >= 0.3 is 0 Å². The zero-order chi connectivity index (χ0) is 24.8. The van der Waals surface area contributed by atoms with Crippen LogP contribution in [0.3, 0.4) is 0 Å². The number of nitrogens with zero attached hydrogens (tertiary/aromatic N) is 2. The molecule has 7 nitrogen and oxygen atoms in total. The molecule has 3 N–H and O–H groups in total. The zero-order valence-electron chi connectivity index (χ0n) is 20.0. The van der Waals surface area contributed by atoms with Gasteiger partial charge in [0.15, 0.2) is 0 Å². The topological polar surface area (TPSA) is 104 Å². The number of carbonyl (C=O) groups excluding carboxylic acids is 1. The number of pyridine rings is 2. The van der Waals surface area contributed by atoms with E-state index >= 15 is 0 Å². The molecule has 8 heteroatoms. The molecule has 35 heavy (non-hydrogen) atoms. The summed E-state index contributed by atoms with van der Waals surface area (Å²) in [6.45, 7) is 5.92. The van der Waals surface area contributed by atoms with Crippen LogP contribution < -0.4 is 10.9 Å². The number of rotatable bonds is 4. The van der Waals surface area contributed by atoms with Crippen LogP contribution in [0.25, 0.3) is 22.3 Å². The van der Waals surface area contributed by atoms with Crippen molar-refractivity contribution in [1.29, 1.82) is 0 Å². The standard InChI is InChI=1S/C27H28FN3O4/c1-4-15-12(2)9-21-24-17(11-31(21)25(15)32)23-19(30-26(33)27(34,35)14-5-6-14)8-7-16-13(3)18(28)10-20(29-24)22(16)23/h9-10,14,19,34-35H,4-8,11H2,1-3H3,(H,30,33). The van der Waals surface area contributed by atoms with E-state index < -0.39 is 23.7 Å². The Bertz CT molecular complexity index is 1500. The minimum atomic E-state index is -2.42. The number of fused-ring (bicyclic) bond motifs is 4. The lowest BCUT2D eigenvalue weighted by atomic mass is 9.81. The largest absolute Gasteiger partial charge is 0.358 e. The first-order valence-electron chi connectivity index (χ1n) is 12.3. The van der Waals surface area contributed by atoms with E-state index in [0.717, 1.165) is 33.2 Å². The molecule has 1 aliphatic heterocycles. The fraction of sp³-hybridized carbons (Fsp3) is 0.444. The second-order valence-corrected chi connectivity index (χ2v) is 10.2. The van der Waals surface area contributed by atoms with Crippen LogP contribution in [-0.4, -0.2) is 31.5 Å². The van der Waals surface area contributed by atoms with E-state index in [9.17, 15) is 24.2 Å². The number of benzene rings is 1. The van der Waals surface area contributed by atoms with Crippen LogP contribution in [0.15, 0.2) is 16.9 Å². The fourth-order valence-corrected chi connectivity index (χ4v) is 5.98. The number of hydrogen-bond donors (Lipinski definition) is 3. The Balaban J connectivity index is 1.58. The second-order valence-electron chi connectivity index (χ2n) is 10.2. The summed E-state index contributed by atoms with van der Waals surface area (Å²) in [5, 5.41) is 24.5. The first-order valence-corrected chi connectivity index (χ1v) is 12.3. The van der Waals surface area contributed by atoms with E-state index in [1.54, 1.807) is 11.5 Å². The van der Waals surface area contributed by atoms with Gasteiger partial charge in [0.2, 0.25) is 5.79 Å². The molecule has 0 bridgehead atoms. The molecule has 6 rings (SSSR count). The Morgan fingerprint density at radius 1 is 1.23 bits per heavy atom. The van der Waals surface area contributed by atoms with Gasteiger partial charge in [-0.2, -0.15) is 0 Å². The molecule has 1 aromatic carbocycles. The van der Waals surface area contributed by atoms with Crippen molar-refractivity contribution in [3.8, 4) is 11.4 Å². The highest BCUT2D eigenvalue weighted by Crippen LogP contribution is 2.45. The van der Waals surface area contributed by atoms with Crippen molar-refractivity contribution in [1.82, 2.24) is 14.9 Å². The summed E-state index contributed by atoms with van der Waals surface area (Å²) in [7, 11) is 0. The zero-order valence-corrected chi connectivity index (χ0v) is 20.0. The van der Waals surface area contributed by atoms with Gasteiger partial charge in [-0.15, -0.1) is 0 Å². The molecule has 1 unspecified atom stereocenters. The number of aliphatic hydroxyl groups is 2. The summed E-state index contributed by atoms with van der Waals surface area (Å²) in [6.07, 6.45) is 2.82. The molecule has 0 radical (unpaired) electrons. The van der Waals surface area contributed by atoms with E-state index in [2.05, 4.69) is 5.32 Å². The molecule has 3 heterocycles. The van der Waals surface area contributed by atoms with E-state index in [1.807, 2.05) is 19.9 Å². The summed E-state index contributed by atoms with van der Waals surface area (Å²) < 4.78 is 16.6. The SMILES string of the molecule is CCc1c(C)cc2n(c1=O)Cc1c-2nc2cc(F)c(C)c3c2c1C(NC(=O)C(O)(O)C1CC1)CC3. The maximum atomic E-state index is 14.9. The second kappa shape index (κ2) is 7.45. The van der Waals surface area contributed by atoms with Crippen molar-refractivity contribution < 1.29 is 19.4 Å². The maximum Gasteiger partial charge on any atom is 0.280 e. The monoisotopic (exact) mass is 477 g/mol. The molecule has 3 aromatic rings. The van der Waals surface area contributed by atoms with Crippen molar-refractivity contribution in [2.75, 3.05) is 0 Å². The third-order valence-corrected chi connectivity index (χ3v) is 8.10. The highest BCUT2D eigenvalue weighted by Gasteiger charge is 2.49. The number of hydrogen-bond acceptors (Lipinski definition) is 5. The van der Waals surface area contributed by atoms with Crippen molar-refractivity contribution in [2.24, 2.45) is 5.92 Å². The predicted molar refractivity (Wildman–Crippen MR) is 128 cm³/mol. The summed E-state index contributed by atoms with van der Waals surface area (Å²) >= 11 is 0. The van der Waals surface area contributed by atoms with Gasteiger partial charge in [-0.05, 0) is 74.3 Å². The minimum Gasteiger partial charge on any atom is -0.358 e. The third kappa shape index (κ3) is 3.12. The molecule has 1 saturated carbocycles. The van der Waals surface area contributed by atoms with Gasteiger partial charge in [-0.1, -0.05) is 6.92 Å². The number of aryl methyl sites for hydroxylation is 2. The Morgan fingerprint density at radius 3 is 2.66 bits per heavy atom. The molecule has 2 aliphatic carbocycles. The minimum absolute atomic E-state index is 0.0609. The fourth-order valence-electron chi connectivity index (χ4n) is 5.98. The van der Waals surface area contributed by atoms with Gasteiger partial charge in [-0.3, -0.25) is 9.59 Å². The molecule has 1 amide bonds. The summed E-state index contributed by atoms with van der Waals surface area (Å²) in [4.78, 5) is 31.0.